The van der Waals surface area contributed by atoms with E-state index in [0.29, 0.717) is 6.54 Å². The molecule has 19 heavy (non-hydrogen) atoms. The third kappa shape index (κ3) is 6.64. The molecule has 0 heterocycles. The molecule has 0 spiro atoms. The first kappa shape index (κ1) is 15.3. The second-order valence-electron chi connectivity index (χ2n) is 4.72. The molecule has 1 atom stereocenters. The van der Waals surface area contributed by atoms with E-state index in [-0.39, 0.29) is 30.8 Å². The molecule has 0 aliphatic heterocycles. The number of carbonyl (C=O) groups excluding carboxylic acids is 2. The number of amides is 3. The van der Waals surface area contributed by atoms with Gasteiger partial charge < -0.3 is 21.1 Å². The van der Waals surface area contributed by atoms with Crippen molar-refractivity contribution >= 4 is 17.9 Å². The Morgan fingerprint density at radius 3 is 2.47 bits per heavy atom. The van der Waals surface area contributed by atoms with Crippen LogP contribution < -0.4 is 16.0 Å². The monoisotopic (exact) mass is 271 g/mol. The molecule has 1 aliphatic carbocycles. The van der Waals surface area contributed by atoms with Gasteiger partial charge in [0.15, 0.2) is 0 Å². The number of hydrogen-bond acceptors (Lipinski definition) is 3. The number of carboxylic acid groups (broad SMARTS) is 1. The highest BCUT2D eigenvalue weighted by molar-refractivity contribution is 5.84. The van der Waals surface area contributed by atoms with Gasteiger partial charge in [-0.2, -0.15) is 0 Å². The first-order chi connectivity index (χ1) is 9.02. The summed E-state index contributed by atoms with van der Waals surface area (Å²) in [5.74, 6) is -0.938. The van der Waals surface area contributed by atoms with Gasteiger partial charge in [-0.15, -0.1) is 0 Å². The number of aliphatic carboxylic acids is 1. The molecule has 108 valence electrons. The standard InChI is InChI=1S/C12H21N3O4/c1-2-5-13-10(16)7-14-12(19)15-9(6-11(17)18)8-3-4-8/h8-9H,2-7H2,1H3,(H,13,16)(H,17,18)(H2,14,15,19). The Morgan fingerprint density at radius 1 is 1.26 bits per heavy atom. The molecule has 0 bridgehead atoms. The molecular formula is C12H21N3O4. The minimum atomic E-state index is -0.933. The molecule has 0 aromatic carbocycles. The van der Waals surface area contributed by atoms with Crippen molar-refractivity contribution in [2.45, 2.75) is 38.6 Å². The second kappa shape index (κ2) is 7.60. The van der Waals surface area contributed by atoms with Gasteiger partial charge in [0.1, 0.15) is 0 Å². The van der Waals surface area contributed by atoms with Crippen molar-refractivity contribution in [2.24, 2.45) is 5.92 Å². The van der Waals surface area contributed by atoms with Crippen LogP contribution in [0.1, 0.15) is 32.6 Å². The lowest BCUT2D eigenvalue weighted by atomic mass is 10.1. The van der Waals surface area contributed by atoms with Crippen molar-refractivity contribution in [3.8, 4) is 0 Å². The Kier molecular flexibility index (Phi) is 6.11. The van der Waals surface area contributed by atoms with Crippen LogP contribution in [0.5, 0.6) is 0 Å². The average Bonchev–Trinajstić information content (AvgIpc) is 3.16. The third-order valence-corrected chi connectivity index (χ3v) is 2.88. The third-order valence-electron chi connectivity index (χ3n) is 2.88. The van der Waals surface area contributed by atoms with Crippen molar-refractivity contribution in [1.29, 1.82) is 0 Å². The maximum atomic E-state index is 11.6. The largest absolute Gasteiger partial charge is 0.481 e. The predicted octanol–water partition coefficient (Wildman–Crippen LogP) is 0.0651. The Labute approximate surface area is 112 Å². The molecule has 0 aromatic heterocycles. The zero-order chi connectivity index (χ0) is 14.3. The van der Waals surface area contributed by atoms with E-state index in [1.54, 1.807) is 0 Å². The van der Waals surface area contributed by atoms with Crippen LogP contribution in [0.4, 0.5) is 4.79 Å². The van der Waals surface area contributed by atoms with Gasteiger partial charge in [-0.25, -0.2) is 4.79 Å². The van der Waals surface area contributed by atoms with Crippen LogP contribution in [-0.4, -0.2) is 42.1 Å². The molecule has 1 unspecified atom stereocenters. The summed E-state index contributed by atoms with van der Waals surface area (Å²) in [5, 5.41) is 16.4. The van der Waals surface area contributed by atoms with E-state index in [2.05, 4.69) is 16.0 Å². The van der Waals surface area contributed by atoms with Crippen LogP contribution in [0.3, 0.4) is 0 Å². The minimum absolute atomic E-state index is 0.0832. The summed E-state index contributed by atoms with van der Waals surface area (Å²) < 4.78 is 0. The van der Waals surface area contributed by atoms with E-state index in [0.717, 1.165) is 19.3 Å². The van der Waals surface area contributed by atoms with Crippen LogP contribution in [-0.2, 0) is 9.59 Å². The van der Waals surface area contributed by atoms with E-state index in [9.17, 15) is 14.4 Å². The van der Waals surface area contributed by atoms with Crippen molar-refractivity contribution in [1.82, 2.24) is 16.0 Å². The van der Waals surface area contributed by atoms with Gasteiger partial charge in [0.05, 0.1) is 13.0 Å². The zero-order valence-electron chi connectivity index (χ0n) is 11.1. The maximum absolute atomic E-state index is 11.6. The predicted molar refractivity (Wildman–Crippen MR) is 68.6 cm³/mol. The highest BCUT2D eigenvalue weighted by Gasteiger charge is 2.33. The lowest BCUT2D eigenvalue weighted by molar-refractivity contribution is -0.137. The first-order valence-corrected chi connectivity index (χ1v) is 6.55. The number of nitrogens with one attached hydrogen (secondary N) is 3. The second-order valence-corrected chi connectivity index (χ2v) is 4.72. The highest BCUT2D eigenvalue weighted by Crippen LogP contribution is 2.33. The molecule has 3 amide bonds. The first-order valence-electron chi connectivity index (χ1n) is 6.55. The topological polar surface area (TPSA) is 108 Å². The molecule has 0 radical (unpaired) electrons. The molecule has 7 heteroatoms. The van der Waals surface area contributed by atoms with Crippen LogP contribution in [0.25, 0.3) is 0 Å². The van der Waals surface area contributed by atoms with E-state index < -0.39 is 12.0 Å². The number of carboxylic acids is 1. The molecular weight excluding hydrogens is 250 g/mol. The molecule has 0 aromatic rings. The molecule has 7 nitrogen and oxygen atoms in total. The van der Waals surface area contributed by atoms with Gasteiger partial charge in [-0.05, 0) is 25.2 Å². The van der Waals surface area contributed by atoms with Gasteiger partial charge >= 0.3 is 12.0 Å². The Morgan fingerprint density at radius 2 is 1.95 bits per heavy atom. The van der Waals surface area contributed by atoms with E-state index in [4.69, 9.17) is 5.11 Å². The molecule has 1 rings (SSSR count). The molecule has 0 saturated heterocycles. The van der Waals surface area contributed by atoms with E-state index in [1.165, 1.54) is 0 Å². The Bertz CT molecular complexity index is 342. The quantitative estimate of drug-likeness (QED) is 0.501. The number of rotatable bonds is 8. The SMILES string of the molecule is CCCNC(=O)CNC(=O)NC(CC(=O)O)C1CC1. The van der Waals surface area contributed by atoms with E-state index in [1.807, 2.05) is 6.92 Å². The molecule has 1 aliphatic rings. The van der Waals surface area contributed by atoms with Crippen LogP contribution in [0.15, 0.2) is 0 Å². The highest BCUT2D eigenvalue weighted by atomic mass is 16.4. The van der Waals surface area contributed by atoms with Crippen molar-refractivity contribution < 1.29 is 19.5 Å². The van der Waals surface area contributed by atoms with Crippen molar-refractivity contribution in [3.05, 3.63) is 0 Å². The summed E-state index contributed by atoms with van der Waals surface area (Å²) in [6, 6.07) is -0.846. The lowest BCUT2D eigenvalue weighted by Gasteiger charge is -2.16. The minimum Gasteiger partial charge on any atom is -0.481 e. The zero-order valence-corrected chi connectivity index (χ0v) is 11.1. The summed E-state index contributed by atoms with van der Waals surface area (Å²) >= 11 is 0. The Hall–Kier alpha value is -1.79. The number of urea groups is 1. The van der Waals surface area contributed by atoms with Crippen LogP contribution >= 0.6 is 0 Å². The molecule has 1 saturated carbocycles. The van der Waals surface area contributed by atoms with Crippen LogP contribution in [0.2, 0.25) is 0 Å². The average molecular weight is 271 g/mol. The fourth-order valence-corrected chi connectivity index (χ4v) is 1.73. The molecule has 1 fully saturated rings. The smallest absolute Gasteiger partial charge is 0.315 e. The Balaban J connectivity index is 2.24. The van der Waals surface area contributed by atoms with Crippen LogP contribution in [0, 0.1) is 5.92 Å². The normalized spacial score (nSPS) is 15.4. The molecule has 4 N–H and O–H groups in total. The fraction of sp³-hybridized carbons (Fsp3) is 0.750. The summed E-state index contributed by atoms with van der Waals surface area (Å²) in [6.07, 6.45) is 2.63. The number of carbonyl (C=O) groups is 3. The van der Waals surface area contributed by atoms with Crippen molar-refractivity contribution in [2.75, 3.05) is 13.1 Å². The summed E-state index contributed by atoms with van der Waals surface area (Å²) in [5.41, 5.74) is 0. The maximum Gasteiger partial charge on any atom is 0.315 e. The summed E-state index contributed by atoms with van der Waals surface area (Å²) in [7, 11) is 0. The van der Waals surface area contributed by atoms with Crippen molar-refractivity contribution in [3.63, 3.8) is 0 Å². The lowest BCUT2D eigenvalue weighted by Crippen LogP contribution is -2.47. The van der Waals surface area contributed by atoms with Gasteiger partial charge in [-0.3, -0.25) is 9.59 Å². The van der Waals surface area contributed by atoms with Gasteiger partial charge in [0, 0.05) is 12.6 Å². The fourth-order valence-electron chi connectivity index (χ4n) is 1.73. The summed E-state index contributed by atoms with van der Waals surface area (Å²) in [4.78, 5) is 33.5. The van der Waals surface area contributed by atoms with Gasteiger partial charge in [0.25, 0.3) is 0 Å². The van der Waals surface area contributed by atoms with Gasteiger partial charge in [0.2, 0.25) is 5.91 Å². The van der Waals surface area contributed by atoms with E-state index >= 15 is 0 Å². The van der Waals surface area contributed by atoms with Gasteiger partial charge in [-0.1, -0.05) is 6.92 Å². The summed E-state index contributed by atoms with van der Waals surface area (Å²) in [6.45, 7) is 2.41. The number of hydrogen-bond donors (Lipinski definition) is 4.